The maximum Gasteiger partial charge on any atom is 0.154 e. The van der Waals surface area contributed by atoms with Crippen molar-refractivity contribution in [1.82, 2.24) is 0 Å². The number of aliphatic hydroxyl groups is 1. The monoisotopic (exact) mass is 198 g/mol. The van der Waals surface area contributed by atoms with Gasteiger partial charge in [0, 0.05) is 6.42 Å². The molecule has 3 atom stereocenters. The van der Waals surface area contributed by atoms with E-state index >= 15 is 0 Å². The van der Waals surface area contributed by atoms with Crippen molar-refractivity contribution in [3.8, 4) is 0 Å². The molecule has 2 nitrogen and oxygen atoms in total. The summed E-state index contributed by atoms with van der Waals surface area (Å²) >= 11 is 0. The molecule has 0 radical (unpaired) electrons. The number of hydrogen-bond acceptors (Lipinski definition) is 2. The lowest BCUT2D eigenvalue weighted by molar-refractivity contribution is -0.0592. The molecule has 1 saturated heterocycles. The van der Waals surface area contributed by atoms with Crippen molar-refractivity contribution in [2.45, 2.75) is 46.3 Å². The fraction of sp³-hybridized carbons (Fsp3) is 0.833. The quantitative estimate of drug-likeness (QED) is 0.704. The molecule has 82 valence electrons. The van der Waals surface area contributed by atoms with Crippen LogP contribution in [0.3, 0.4) is 0 Å². The first-order valence-electron chi connectivity index (χ1n) is 5.52. The normalized spacial score (nSPS) is 28.9. The lowest BCUT2D eigenvalue weighted by Crippen LogP contribution is -2.11. The Morgan fingerprint density at radius 1 is 1.57 bits per heavy atom. The van der Waals surface area contributed by atoms with Crippen LogP contribution in [0, 0.1) is 11.8 Å². The van der Waals surface area contributed by atoms with Gasteiger partial charge in [0.2, 0.25) is 0 Å². The molecule has 0 bridgehead atoms. The van der Waals surface area contributed by atoms with Crippen LogP contribution in [0.25, 0.3) is 0 Å². The molecule has 0 spiro atoms. The van der Waals surface area contributed by atoms with Gasteiger partial charge in [-0.15, -0.1) is 0 Å². The molecule has 1 fully saturated rings. The fourth-order valence-corrected chi connectivity index (χ4v) is 1.90. The molecule has 1 heterocycles. The minimum absolute atomic E-state index is 0.508. The molecule has 1 rings (SSSR count). The Labute approximate surface area is 87.0 Å². The highest BCUT2D eigenvalue weighted by atomic mass is 16.6. The van der Waals surface area contributed by atoms with Crippen molar-refractivity contribution in [1.29, 1.82) is 0 Å². The molecule has 1 N–H and O–H groups in total. The minimum Gasteiger partial charge on any atom is -0.368 e. The zero-order chi connectivity index (χ0) is 10.6. The highest BCUT2D eigenvalue weighted by Crippen LogP contribution is 2.28. The molecule has 0 aliphatic carbocycles. The standard InChI is InChI=1S/C12H22O2/c1-9(2)5-4-6-10(3)11-7-12(13)14-8-11/h5,10-13H,4,6-8H2,1-3H3. The second kappa shape index (κ2) is 5.52. The van der Waals surface area contributed by atoms with Crippen molar-refractivity contribution in [3.05, 3.63) is 11.6 Å². The minimum atomic E-state index is -0.508. The molecule has 1 aliphatic rings. The van der Waals surface area contributed by atoms with Gasteiger partial charge >= 0.3 is 0 Å². The van der Waals surface area contributed by atoms with Crippen LogP contribution in [0.4, 0.5) is 0 Å². The van der Waals surface area contributed by atoms with Gasteiger partial charge in [-0.1, -0.05) is 18.6 Å². The van der Waals surface area contributed by atoms with Gasteiger partial charge in [0.15, 0.2) is 6.29 Å². The Kier molecular flexibility index (Phi) is 4.63. The summed E-state index contributed by atoms with van der Waals surface area (Å²) in [5.41, 5.74) is 1.39. The number of aliphatic hydroxyl groups excluding tert-OH is 1. The van der Waals surface area contributed by atoms with E-state index in [1.54, 1.807) is 0 Å². The molecule has 0 aromatic rings. The summed E-state index contributed by atoms with van der Waals surface area (Å²) in [5.74, 6) is 1.21. The molecular formula is C12H22O2. The second-order valence-electron chi connectivity index (χ2n) is 4.62. The lowest BCUT2D eigenvalue weighted by Gasteiger charge is -2.16. The van der Waals surface area contributed by atoms with Gasteiger partial charge in [0.05, 0.1) is 6.61 Å². The first kappa shape index (κ1) is 11.7. The molecule has 0 amide bonds. The molecule has 0 aromatic carbocycles. The van der Waals surface area contributed by atoms with Crippen LogP contribution in [0.15, 0.2) is 11.6 Å². The van der Waals surface area contributed by atoms with Gasteiger partial charge < -0.3 is 9.84 Å². The van der Waals surface area contributed by atoms with Gasteiger partial charge in [-0.3, -0.25) is 0 Å². The van der Waals surface area contributed by atoms with E-state index < -0.39 is 6.29 Å². The Hall–Kier alpha value is -0.340. The van der Waals surface area contributed by atoms with Crippen LogP contribution < -0.4 is 0 Å². The molecule has 0 saturated carbocycles. The molecule has 0 aromatic heterocycles. The smallest absolute Gasteiger partial charge is 0.154 e. The third kappa shape index (κ3) is 3.81. The van der Waals surface area contributed by atoms with Crippen molar-refractivity contribution in [2.24, 2.45) is 11.8 Å². The van der Waals surface area contributed by atoms with Crippen LogP contribution >= 0.6 is 0 Å². The first-order valence-corrected chi connectivity index (χ1v) is 5.52. The summed E-state index contributed by atoms with van der Waals surface area (Å²) in [5, 5.41) is 9.23. The Morgan fingerprint density at radius 2 is 2.29 bits per heavy atom. The summed E-state index contributed by atoms with van der Waals surface area (Å²) in [6.45, 7) is 7.25. The van der Waals surface area contributed by atoms with E-state index in [4.69, 9.17) is 4.74 Å². The third-order valence-corrected chi connectivity index (χ3v) is 2.99. The maximum absolute atomic E-state index is 9.23. The van der Waals surface area contributed by atoms with Gasteiger partial charge in [0.1, 0.15) is 0 Å². The number of rotatable bonds is 4. The summed E-state index contributed by atoms with van der Waals surface area (Å²) < 4.78 is 5.15. The molecule has 3 unspecified atom stereocenters. The van der Waals surface area contributed by atoms with Crippen LogP contribution in [-0.4, -0.2) is 18.0 Å². The number of hydrogen-bond donors (Lipinski definition) is 1. The summed E-state index contributed by atoms with van der Waals surface area (Å²) in [6, 6.07) is 0. The molecule has 1 aliphatic heterocycles. The van der Waals surface area contributed by atoms with Gasteiger partial charge in [-0.2, -0.15) is 0 Å². The second-order valence-corrected chi connectivity index (χ2v) is 4.62. The first-order chi connectivity index (χ1) is 6.59. The largest absolute Gasteiger partial charge is 0.368 e. The molecule has 14 heavy (non-hydrogen) atoms. The fourth-order valence-electron chi connectivity index (χ4n) is 1.90. The zero-order valence-electron chi connectivity index (χ0n) is 9.49. The Morgan fingerprint density at radius 3 is 2.79 bits per heavy atom. The van der Waals surface area contributed by atoms with E-state index in [0.29, 0.717) is 11.8 Å². The van der Waals surface area contributed by atoms with Crippen molar-refractivity contribution >= 4 is 0 Å². The topological polar surface area (TPSA) is 29.5 Å². The van der Waals surface area contributed by atoms with E-state index in [9.17, 15) is 5.11 Å². The molecular weight excluding hydrogens is 176 g/mol. The van der Waals surface area contributed by atoms with Crippen LogP contribution in [-0.2, 0) is 4.74 Å². The van der Waals surface area contributed by atoms with Gasteiger partial charge in [0.25, 0.3) is 0 Å². The summed E-state index contributed by atoms with van der Waals surface area (Å²) in [7, 11) is 0. The molecule has 2 heteroatoms. The van der Waals surface area contributed by atoms with Gasteiger partial charge in [-0.05, 0) is 38.5 Å². The van der Waals surface area contributed by atoms with E-state index in [1.807, 2.05) is 0 Å². The van der Waals surface area contributed by atoms with Gasteiger partial charge in [-0.25, -0.2) is 0 Å². The highest BCUT2D eigenvalue weighted by Gasteiger charge is 2.27. The zero-order valence-corrected chi connectivity index (χ0v) is 9.49. The predicted octanol–water partition coefficient (Wildman–Crippen LogP) is 2.72. The average molecular weight is 198 g/mol. The van der Waals surface area contributed by atoms with E-state index in [1.165, 1.54) is 12.0 Å². The summed E-state index contributed by atoms with van der Waals surface area (Å²) in [6.07, 6.45) is 4.94. The number of allylic oxidation sites excluding steroid dienone is 2. The van der Waals surface area contributed by atoms with Crippen LogP contribution in [0.5, 0.6) is 0 Å². The van der Waals surface area contributed by atoms with E-state index in [-0.39, 0.29) is 0 Å². The van der Waals surface area contributed by atoms with E-state index in [2.05, 4.69) is 26.8 Å². The van der Waals surface area contributed by atoms with Crippen molar-refractivity contribution in [3.63, 3.8) is 0 Å². The van der Waals surface area contributed by atoms with Crippen molar-refractivity contribution in [2.75, 3.05) is 6.61 Å². The van der Waals surface area contributed by atoms with Crippen molar-refractivity contribution < 1.29 is 9.84 Å². The third-order valence-electron chi connectivity index (χ3n) is 2.99. The number of ether oxygens (including phenoxy) is 1. The van der Waals surface area contributed by atoms with Crippen LogP contribution in [0.1, 0.15) is 40.0 Å². The summed E-state index contributed by atoms with van der Waals surface area (Å²) in [4.78, 5) is 0. The predicted molar refractivity (Wildman–Crippen MR) is 57.9 cm³/mol. The Balaban J connectivity index is 2.21. The van der Waals surface area contributed by atoms with Crippen LogP contribution in [0.2, 0.25) is 0 Å². The average Bonchev–Trinajstić information content (AvgIpc) is 2.51. The highest BCUT2D eigenvalue weighted by molar-refractivity contribution is 4.93. The van der Waals surface area contributed by atoms with E-state index in [0.717, 1.165) is 19.4 Å². The maximum atomic E-state index is 9.23. The Bertz CT molecular complexity index is 194. The SMILES string of the molecule is CC(C)=CCCC(C)C1COC(O)C1. The lowest BCUT2D eigenvalue weighted by atomic mass is 9.89.